The van der Waals surface area contributed by atoms with Crippen LogP contribution in [0, 0.1) is 13.8 Å². The Labute approximate surface area is 171 Å². The largest absolute Gasteiger partial charge is 0.497 e. The summed E-state index contributed by atoms with van der Waals surface area (Å²) in [7, 11) is 1.60. The fraction of sp³-hybridized carbons (Fsp3) is 0.190. The van der Waals surface area contributed by atoms with E-state index >= 15 is 0 Å². The zero-order valence-corrected chi connectivity index (χ0v) is 17.1. The second kappa shape index (κ2) is 8.00. The molecule has 29 heavy (non-hydrogen) atoms. The Bertz CT molecular complexity index is 1160. The third kappa shape index (κ3) is 4.12. The highest BCUT2D eigenvalue weighted by Crippen LogP contribution is 2.28. The van der Waals surface area contributed by atoms with Gasteiger partial charge in [0.2, 0.25) is 11.8 Å². The summed E-state index contributed by atoms with van der Waals surface area (Å²) >= 11 is 1.20. The lowest BCUT2D eigenvalue weighted by Crippen LogP contribution is -2.13. The van der Waals surface area contributed by atoms with Gasteiger partial charge in [-0.2, -0.15) is 0 Å². The predicted molar refractivity (Wildman–Crippen MR) is 113 cm³/mol. The Morgan fingerprint density at radius 2 is 1.97 bits per heavy atom. The number of methoxy groups -OCH3 is 1. The maximum Gasteiger partial charge on any atom is 0.277 e. The number of nitrogens with zero attached hydrogens (tertiary/aromatic N) is 2. The highest BCUT2D eigenvalue weighted by molar-refractivity contribution is 7.99. The maximum absolute atomic E-state index is 12.1. The van der Waals surface area contributed by atoms with Crippen LogP contribution >= 0.6 is 11.8 Å². The first kappa shape index (κ1) is 19.1. The summed E-state index contributed by atoms with van der Waals surface area (Å²) in [6, 6.07) is 13.1. The van der Waals surface area contributed by atoms with Gasteiger partial charge in [0.25, 0.3) is 5.22 Å². The molecule has 0 fully saturated rings. The molecule has 0 saturated carbocycles. The number of thioether (sulfide) groups is 1. The summed E-state index contributed by atoms with van der Waals surface area (Å²) in [4.78, 5) is 15.5. The number of carbonyl (C=O) groups excluding carboxylic acids is 1. The first-order valence-corrected chi connectivity index (χ1v) is 10.0. The van der Waals surface area contributed by atoms with Crippen molar-refractivity contribution >= 4 is 34.3 Å². The fourth-order valence-electron chi connectivity index (χ4n) is 2.98. The number of ether oxygens (including phenoxy) is 1. The molecule has 7 nitrogen and oxygen atoms in total. The average Bonchev–Trinajstić information content (AvgIpc) is 3.32. The van der Waals surface area contributed by atoms with Crippen molar-refractivity contribution in [1.82, 2.24) is 15.2 Å². The summed E-state index contributed by atoms with van der Waals surface area (Å²) in [6.07, 6.45) is 0. The molecule has 8 heteroatoms. The van der Waals surface area contributed by atoms with Crippen LogP contribution < -0.4 is 10.1 Å². The van der Waals surface area contributed by atoms with Gasteiger partial charge in [0, 0.05) is 27.8 Å². The van der Waals surface area contributed by atoms with Crippen LogP contribution in [0.3, 0.4) is 0 Å². The van der Waals surface area contributed by atoms with Crippen LogP contribution in [0.25, 0.3) is 22.4 Å². The van der Waals surface area contributed by atoms with Gasteiger partial charge in [0.15, 0.2) is 0 Å². The van der Waals surface area contributed by atoms with Crippen LogP contribution in [0.5, 0.6) is 5.75 Å². The predicted octanol–water partition coefficient (Wildman–Crippen LogP) is 4.57. The molecule has 2 aromatic carbocycles. The van der Waals surface area contributed by atoms with E-state index in [0.717, 1.165) is 27.9 Å². The number of aryl methyl sites for hydroxylation is 2. The lowest BCUT2D eigenvalue weighted by atomic mass is 10.1. The summed E-state index contributed by atoms with van der Waals surface area (Å²) in [5, 5.41) is 12.5. The number of H-pyrrole nitrogens is 1. The molecule has 1 amide bonds. The first-order chi connectivity index (χ1) is 14.0. The third-order valence-corrected chi connectivity index (χ3v) is 5.48. The number of rotatable bonds is 6. The Kier molecular flexibility index (Phi) is 5.26. The number of nitrogens with one attached hydrogen (secondary N) is 2. The fourth-order valence-corrected chi connectivity index (χ4v) is 3.54. The molecule has 0 spiro atoms. The summed E-state index contributed by atoms with van der Waals surface area (Å²) < 4.78 is 10.8. The van der Waals surface area contributed by atoms with E-state index in [9.17, 15) is 4.79 Å². The second-order valence-electron chi connectivity index (χ2n) is 6.57. The van der Waals surface area contributed by atoms with Gasteiger partial charge in [0.1, 0.15) is 5.75 Å². The number of amides is 1. The van der Waals surface area contributed by atoms with Crippen LogP contribution in [-0.2, 0) is 4.79 Å². The number of carbonyl (C=O) groups is 1. The molecule has 148 valence electrons. The topological polar surface area (TPSA) is 93.0 Å². The molecule has 0 unspecified atom stereocenters. The number of benzene rings is 2. The third-order valence-electron chi connectivity index (χ3n) is 4.66. The Morgan fingerprint density at radius 3 is 2.72 bits per heavy atom. The zero-order chi connectivity index (χ0) is 20.4. The van der Waals surface area contributed by atoms with Crippen molar-refractivity contribution < 1.29 is 13.9 Å². The molecule has 0 aliphatic rings. The highest BCUT2D eigenvalue weighted by atomic mass is 32.2. The smallest absolute Gasteiger partial charge is 0.277 e. The van der Waals surface area contributed by atoms with Crippen LogP contribution in [0.15, 0.2) is 52.1 Å². The number of anilines is 1. The number of hydrogen-bond acceptors (Lipinski definition) is 6. The van der Waals surface area contributed by atoms with E-state index in [1.165, 1.54) is 17.3 Å². The van der Waals surface area contributed by atoms with E-state index in [4.69, 9.17) is 9.15 Å². The summed E-state index contributed by atoms with van der Waals surface area (Å²) in [5.74, 6) is 1.19. The van der Waals surface area contributed by atoms with Crippen LogP contribution in [0.4, 0.5) is 5.69 Å². The molecule has 0 aliphatic carbocycles. The monoisotopic (exact) mass is 408 g/mol. The van der Waals surface area contributed by atoms with E-state index < -0.39 is 0 Å². The van der Waals surface area contributed by atoms with Gasteiger partial charge in [0.05, 0.1) is 12.9 Å². The van der Waals surface area contributed by atoms with Crippen LogP contribution in [0.2, 0.25) is 0 Å². The highest BCUT2D eigenvalue weighted by Gasteiger charge is 2.13. The van der Waals surface area contributed by atoms with Gasteiger partial charge in [-0.1, -0.05) is 11.8 Å². The number of fused-ring (bicyclic) bond motifs is 1. The molecule has 0 radical (unpaired) electrons. The molecule has 0 aliphatic heterocycles. The van der Waals surface area contributed by atoms with Gasteiger partial charge in [-0.25, -0.2) is 0 Å². The number of hydrogen-bond donors (Lipinski definition) is 2. The van der Waals surface area contributed by atoms with E-state index in [-0.39, 0.29) is 11.7 Å². The quantitative estimate of drug-likeness (QED) is 0.454. The van der Waals surface area contributed by atoms with E-state index in [1.54, 1.807) is 31.4 Å². The van der Waals surface area contributed by atoms with E-state index in [1.807, 2.05) is 25.1 Å². The minimum absolute atomic E-state index is 0.153. The molecular weight excluding hydrogens is 388 g/mol. The van der Waals surface area contributed by atoms with Gasteiger partial charge in [-0.3, -0.25) is 4.79 Å². The maximum atomic E-state index is 12.1. The molecule has 2 heterocycles. The summed E-state index contributed by atoms with van der Waals surface area (Å²) in [6.45, 7) is 4.13. The minimum atomic E-state index is -0.153. The first-order valence-electron chi connectivity index (χ1n) is 9.03. The molecule has 0 atom stereocenters. The summed E-state index contributed by atoms with van der Waals surface area (Å²) in [5.41, 5.74) is 4.97. The Morgan fingerprint density at radius 1 is 1.17 bits per heavy atom. The lowest BCUT2D eigenvalue weighted by Gasteiger charge is -2.05. The van der Waals surface area contributed by atoms with Gasteiger partial charge < -0.3 is 19.5 Å². The second-order valence-corrected chi connectivity index (χ2v) is 7.50. The van der Waals surface area contributed by atoms with E-state index in [0.29, 0.717) is 16.8 Å². The van der Waals surface area contributed by atoms with Gasteiger partial charge >= 0.3 is 0 Å². The van der Waals surface area contributed by atoms with Crippen LogP contribution in [-0.4, -0.2) is 34.0 Å². The van der Waals surface area contributed by atoms with Crippen molar-refractivity contribution in [3.05, 3.63) is 53.7 Å². The lowest BCUT2D eigenvalue weighted by molar-refractivity contribution is -0.113. The van der Waals surface area contributed by atoms with Gasteiger partial charge in [-0.15, -0.1) is 10.2 Å². The SMILES string of the molecule is COc1ccc(NC(=O)CSc2nnc(-c3ccc4[nH]c(C)c(C)c4c3)o2)cc1. The van der Waals surface area contributed by atoms with Crippen molar-refractivity contribution in [2.75, 3.05) is 18.2 Å². The van der Waals surface area contributed by atoms with Crippen LogP contribution in [0.1, 0.15) is 11.3 Å². The molecule has 2 aromatic heterocycles. The Hall–Kier alpha value is -3.26. The van der Waals surface area contributed by atoms with Crippen molar-refractivity contribution in [3.8, 4) is 17.2 Å². The molecule has 0 bridgehead atoms. The normalized spacial score (nSPS) is 11.0. The number of aromatic nitrogens is 3. The minimum Gasteiger partial charge on any atom is -0.497 e. The van der Waals surface area contributed by atoms with E-state index in [2.05, 4.69) is 27.4 Å². The van der Waals surface area contributed by atoms with Crippen molar-refractivity contribution in [2.24, 2.45) is 0 Å². The molecule has 2 N–H and O–H groups in total. The van der Waals surface area contributed by atoms with Gasteiger partial charge in [-0.05, 0) is 61.9 Å². The van der Waals surface area contributed by atoms with Crippen molar-refractivity contribution in [1.29, 1.82) is 0 Å². The van der Waals surface area contributed by atoms with Crippen molar-refractivity contribution in [3.63, 3.8) is 0 Å². The molecular formula is C21H20N4O3S. The van der Waals surface area contributed by atoms with Crippen molar-refractivity contribution in [2.45, 2.75) is 19.1 Å². The molecule has 4 aromatic rings. The molecule has 0 saturated heterocycles. The Balaban J connectivity index is 1.40. The molecule has 4 rings (SSSR count). The average molecular weight is 408 g/mol. The standard InChI is InChI=1S/C21H20N4O3S/c1-12-13(2)22-18-9-4-14(10-17(12)18)20-24-25-21(28-20)29-11-19(26)23-15-5-7-16(27-3)8-6-15/h4-10,22H,11H2,1-3H3,(H,23,26). The zero-order valence-electron chi connectivity index (χ0n) is 16.3. The number of aromatic amines is 1.